The van der Waals surface area contributed by atoms with Gasteiger partial charge in [0.15, 0.2) is 6.10 Å². The molecule has 0 aliphatic carbocycles. The third-order valence-electron chi connectivity index (χ3n) is 19.7. The zero-order valence-corrected chi connectivity index (χ0v) is 68.8. The molecule has 0 aromatic heterocycles. The van der Waals surface area contributed by atoms with Gasteiger partial charge in [-0.25, -0.2) is 0 Å². The van der Waals surface area contributed by atoms with Crippen molar-refractivity contribution in [2.45, 2.75) is 412 Å². The summed E-state index contributed by atoms with van der Waals surface area (Å²) in [5, 5.41) is 33.9. The summed E-state index contributed by atoms with van der Waals surface area (Å²) in [6, 6.07) is 0. The highest BCUT2D eigenvalue weighted by Gasteiger charge is 2.27. The molecule has 614 valence electrons. The second-order valence-electron chi connectivity index (χ2n) is 30.3. The van der Waals surface area contributed by atoms with Crippen LogP contribution in [-0.4, -0.2) is 182 Å². The van der Waals surface area contributed by atoms with E-state index in [1.54, 1.807) is 36.5 Å². The second kappa shape index (κ2) is 73.9. The lowest BCUT2D eigenvalue weighted by atomic mass is 10.0. The number of ether oxygens (including phenoxy) is 6. The number of esters is 6. The van der Waals surface area contributed by atoms with Gasteiger partial charge < -0.3 is 43.7 Å². The van der Waals surface area contributed by atoms with E-state index in [4.69, 9.17) is 28.4 Å². The van der Waals surface area contributed by atoms with Crippen molar-refractivity contribution in [3.63, 3.8) is 0 Å². The largest absolute Gasteiger partial charge is 0.461 e. The smallest absolute Gasteiger partial charge is 0.320 e. The first-order chi connectivity index (χ1) is 50.9. The zero-order chi connectivity index (χ0) is 77.4. The number of nitrogens with zero attached hydrogens (tertiary/aromatic N) is 3. The van der Waals surface area contributed by atoms with Gasteiger partial charge in [-0.1, -0.05) is 309 Å². The third-order valence-corrected chi connectivity index (χ3v) is 19.7. The van der Waals surface area contributed by atoms with E-state index in [9.17, 15) is 44.1 Å². The maximum atomic E-state index is 13.4. The Kier molecular flexibility index (Phi) is 71.0. The Hall–Kier alpha value is -4.20. The molecule has 3 N–H and O–H groups in total. The Morgan fingerprint density at radius 3 is 0.743 bits per heavy atom. The van der Waals surface area contributed by atoms with E-state index in [2.05, 4.69) is 41.5 Å². The quantitative estimate of drug-likeness (QED) is 0.0222. The average molecular weight is 1490 g/mol. The Morgan fingerprint density at radius 1 is 0.276 bits per heavy atom. The van der Waals surface area contributed by atoms with Gasteiger partial charge >= 0.3 is 35.8 Å². The fourth-order valence-corrected chi connectivity index (χ4v) is 13.0. The van der Waals surface area contributed by atoms with E-state index in [-0.39, 0.29) is 76.1 Å². The van der Waals surface area contributed by atoms with Gasteiger partial charge in [0.25, 0.3) is 0 Å². The number of aliphatic hydroxyl groups is 3. The van der Waals surface area contributed by atoms with Crippen LogP contribution in [0, 0.1) is 0 Å². The van der Waals surface area contributed by atoms with Crippen LogP contribution in [0.25, 0.3) is 0 Å². The molecule has 0 radical (unpaired) electrons. The van der Waals surface area contributed by atoms with E-state index in [0.717, 1.165) is 116 Å². The molecule has 0 saturated heterocycles. The highest BCUT2D eigenvalue weighted by molar-refractivity contribution is 5.74. The molecule has 0 spiro atoms. The van der Waals surface area contributed by atoms with Crippen LogP contribution >= 0.6 is 0 Å². The number of hydrogen-bond donors (Lipinski definition) is 3. The van der Waals surface area contributed by atoms with Gasteiger partial charge in [-0.05, 0) is 118 Å². The molecule has 0 aromatic carbocycles. The first-order valence-electron chi connectivity index (χ1n) is 43.1. The van der Waals surface area contributed by atoms with E-state index in [1.165, 1.54) is 173 Å². The Bertz CT molecular complexity index is 2050. The molecule has 0 aliphatic heterocycles. The third kappa shape index (κ3) is 65.4. The normalized spacial score (nSPS) is 14.0. The standard InChI is InChI=1S/C87H161N3O15/c1-10-16-22-25-28-31-34-37-40-43-55-67-88(7)70-85(97)103-79(61-46-19-13-4)76(91)58-49-52-64-82(94)100-73-75(102-84(96)66-54-51-60-78(93)81(63-48-21-15-6)105-87(99)72-90(9)69-57-45-42-39-36-33-30-27-24-18-12-3)74-101-83(95)65-53-50-59-77(92)80(62-47-20-14-5)104-86(98)71-89(8)68-56-44-41-38-35-32-29-26-23-17-11-2/h49-54,75-81,91-93H,10-48,55-74H2,1-9H3. The van der Waals surface area contributed by atoms with Gasteiger partial charge in [-0.3, -0.25) is 43.5 Å². The van der Waals surface area contributed by atoms with Crippen LogP contribution in [0.5, 0.6) is 0 Å². The lowest BCUT2D eigenvalue weighted by Crippen LogP contribution is -2.36. The van der Waals surface area contributed by atoms with Crippen LogP contribution in [0.15, 0.2) is 36.5 Å². The molecule has 6 atom stereocenters. The molecule has 0 saturated carbocycles. The number of rotatable bonds is 77. The van der Waals surface area contributed by atoms with Gasteiger partial charge in [0.05, 0.1) is 57.2 Å². The first kappa shape index (κ1) is 101. The molecule has 0 aliphatic rings. The summed E-state index contributed by atoms with van der Waals surface area (Å²) in [6.07, 6.45) is 53.8. The topological polar surface area (TPSA) is 228 Å². The summed E-state index contributed by atoms with van der Waals surface area (Å²) in [5.74, 6) is -3.18. The minimum absolute atomic E-state index is 0.114. The van der Waals surface area contributed by atoms with Crippen LogP contribution in [0.3, 0.4) is 0 Å². The maximum Gasteiger partial charge on any atom is 0.320 e. The van der Waals surface area contributed by atoms with Gasteiger partial charge in [-0.2, -0.15) is 0 Å². The van der Waals surface area contributed by atoms with E-state index in [1.807, 2.05) is 35.8 Å². The number of carbonyl (C=O) groups is 6. The van der Waals surface area contributed by atoms with Crippen LogP contribution < -0.4 is 0 Å². The SMILES string of the molecule is CCCCCCCCCCCCCN(C)CC(=O)OC(CCCCC)C(O)CC=CCC(=O)OCC(COC(=O)CC=CCC(O)C(CCCCC)OC(=O)CN(C)CCCCCCCCCCCCC)OC(=O)CC=CCC(O)C(CCCCC)OC(=O)CN(C)CCCCCCCCCCCCC. The van der Waals surface area contributed by atoms with Crippen molar-refractivity contribution in [2.24, 2.45) is 0 Å². The highest BCUT2D eigenvalue weighted by atomic mass is 16.6. The van der Waals surface area contributed by atoms with E-state index < -0.39 is 73.8 Å². The summed E-state index contributed by atoms with van der Waals surface area (Å²) in [7, 11) is 5.75. The molecule has 0 bridgehead atoms. The monoisotopic (exact) mass is 1490 g/mol. The summed E-state index contributed by atoms with van der Waals surface area (Å²) >= 11 is 0. The molecular weight excluding hydrogens is 1330 g/mol. The van der Waals surface area contributed by atoms with Crippen molar-refractivity contribution in [3.05, 3.63) is 36.5 Å². The van der Waals surface area contributed by atoms with Crippen LogP contribution in [0.2, 0.25) is 0 Å². The molecule has 0 aromatic rings. The van der Waals surface area contributed by atoms with E-state index >= 15 is 0 Å². The fourth-order valence-electron chi connectivity index (χ4n) is 13.0. The molecule has 18 nitrogen and oxygen atoms in total. The molecular formula is C87H161N3O15. The molecule has 105 heavy (non-hydrogen) atoms. The molecule has 0 fully saturated rings. The summed E-state index contributed by atoms with van der Waals surface area (Å²) in [4.78, 5) is 85.2. The predicted octanol–water partition coefficient (Wildman–Crippen LogP) is 19.3. The van der Waals surface area contributed by atoms with Gasteiger partial charge in [0.1, 0.15) is 31.5 Å². The first-order valence-corrected chi connectivity index (χ1v) is 43.1. The number of hydrogen-bond acceptors (Lipinski definition) is 18. The zero-order valence-electron chi connectivity index (χ0n) is 68.8. The number of unbranched alkanes of at least 4 members (excludes halogenated alkanes) is 36. The number of aliphatic hydroxyl groups excluding tert-OH is 3. The fraction of sp³-hybridized carbons (Fsp3) is 0.862. The van der Waals surface area contributed by atoms with Gasteiger partial charge in [0, 0.05) is 0 Å². The van der Waals surface area contributed by atoms with Crippen LogP contribution in [0.1, 0.15) is 369 Å². The Morgan fingerprint density at radius 2 is 0.495 bits per heavy atom. The highest BCUT2D eigenvalue weighted by Crippen LogP contribution is 2.21. The lowest BCUT2D eigenvalue weighted by molar-refractivity contribution is -0.165. The molecule has 0 heterocycles. The predicted molar refractivity (Wildman–Crippen MR) is 429 cm³/mol. The lowest BCUT2D eigenvalue weighted by Gasteiger charge is -2.24. The van der Waals surface area contributed by atoms with Gasteiger partial charge in [0.2, 0.25) is 0 Å². The summed E-state index contributed by atoms with van der Waals surface area (Å²) < 4.78 is 34.5. The number of likely N-dealkylation sites (N-methyl/N-ethyl adjacent to an activating group) is 3. The second-order valence-corrected chi connectivity index (χ2v) is 30.3. The average Bonchev–Trinajstić information content (AvgIpc) is 0.944. The summed E-state index contributed by atoms with van der Waals surface area (Å²) in [5.41, 5.74) is 0. The molecule has 0 amide bonds. The van der Waals surface area contributed by atoms with Crippen LogP contribution in [-0.2, 0) is 57.2 Å². The number of carbonyl (C=O) groups excluding carboxylic acids is 6. The van der Waals surface area contributed by atoms with Crippen molar-refractivity contribution in [2.75, 3.05) is 73.6 Å². The Labute approximate surface area is 641 Å². The van der Waals surface area contributed by atoms with Crippen molar-refractivity contribution in [1.82, 2.24) is 14.7 Å². The molecule has 0 rings (SSSR count). The van der Waals surface area contributed by atoms with Crippen LogP contribution in [0.4, 0.5) is 0 Å². The minimum atomic E-state index is -1.19. The molecule has 6 unspecified atom stereocenters. The van der Waals surface area contributed by atoms with Gasteiger partial charge in [-0.15, -0.1) is 0 Å². The maximum absolute atomic E-state index is 13.4. The minimum Gasteiger partial charge on any atom is -0.461 e. The van der Waals surface area contributed by atoms with E-state index in [0.29, 0.717) is 19.3 Å². The van der Waals surface area contributed by atoms with Crippen molar-refractivity contribution in [1.29, 1.82) is 0 Å². The molecule has 18 heteroatoms. The summed E-state index contributed by atoms with van der Waals surface area (Å²) in [6.45, 7) is 14.9. The van der Waals surface area contributed by atoms with Crippen molar-refractivity contribution < 1.29 is 72.5 Å². The van der Waals surface area contributed by atoms with Crippen molar-refractivity contribution in [3.8, 4) is 0 Å². The Balaban J connectivity index is 5.84. The van der Waals surface area contributed by atoms with Crippen molar-refractivity contribution >= 4 is 35.8 Å².